The van der Waals surface area contributed by atoms with Crippen molar-refractivity contribution in [3.63, 3.8) is 0 Å². The molecule has 6 aromatic heterocycles. The SMILES string of the molecule is Cc1cn(-c2nccc3[nH]c(-c4[nH]nc5ncc(-c6cncnc6)c(F)c45)nc23)cn1. The van der Waals surface area contributed by atoms with Crippen LogP contribution in [0.3, 0.4) is 0 Å². The molecule has 0 atom stereocenters. The molecule has 6 heterocycles. The number of pyridine rings is 2. The normalized spacial score (nSPS) is 11.5. The second-order valence-corrected chi connectivity index (χ2v) is 6.95. The molecule has 31 heavy (non-hydrogen) atoms. The maximum Gasteiger partial charge on any atom is 0.184 e. The van der Waals surface area contributed by atoms with Gasteiger partial charge >= 0.3 is 0 Å². The van der Waals surface area contributed by atoms with Gasteiger partial charge in [-0.1, -0.05) is 0 Å². The van der Waals surface area contributed by atoms with E-state index in [4.69, 9.17) is 0 Å². The van der Waals surface area contributed by atoms with Crippen molar-refractivity contribution in [2.75, 3.05) is 0 Å². The standard InChI is InChI=1S/C20H13FN10/c1-10-7-31(9-26-10)20-16-13(2-3-24-20)27-19(28-16)17-14-15(21)12(6-25-18(14)30-29-17)11-4-22-8-23-5-11/h2-9H,1H3,(H,27,28)(H,25,29,30). The Morgan fingerprint density at radius 2 is 1.94 bits per heavy atom. The van der Waals surface area contributed by atoms with Crippen molar-refractivity contribution in [1.82, 2.24) is 49.7 Å². The molecule has 0 aliphatic heterocycles. The van der Waals surface area contributed by atoms with Crippen molar-refractivity contribution in [3.8, 4) is 28.5 Å². The Labute approximate surface area is 173 Å². The summed E-state index contributed by atoms with van der Waals surface area (Å²) in [4.78, 5) is 28.8. The van der Waals surface area contributed by atoms with Gasteiger partial charge in [-0.2, -0.15) is 5.10 Å². The average Bonchev–Trinajstić information content (AvgIpc) is 3.52. The van der Waals surface area contributed by atoms with E-state index >= 15 is 4.39 Å². The van der Waals surface area contributed by atoms with E-state index in [0.717, 1.165) is 11.2 Å². The average molecular weight is 412 g/mol. The highest BCUT2D eigenvalue weighted by atomic mass is 19.1. The van der Waals surface area contributed by atoms with Crippen LogP contribution in [0, 0.1) is 12.7 Å². The van der Waals surface area contributed by atoms with Crippen molar-refractivity contribution in [2.24, 2.45) is 0 Å². The van der Waals surface area contributed by atoms with E-state index in [2.05, 4.69) is 45.1 Å². The lowest BCUT2D eigenvalue weighted by molar-refractivity contribution is 0.642. The minimum Gasteiger partial charge on any atom is -0.336 e. The summed E-state index contributed by atoms with van der Waals surface area (Å²) in [5.74, 6) is 0.559. The number of imidazole rings is 2. The Bertz CT molecular complexity index is 1560. The third-order valence-corrected chi connectivity index (χ3v) is 4.97. The van der Waals surface area contributed by atoms with Gasteiger partial charge in [0, 0.05) is 42.1 Å². The Kier molecular flexibility index (Phi) is 3.63. The Balaban J connectivity index is 1.56. The first-order chi connectivity index (χ1) is 15.2. The van der Waals surface area contributed by atoms with Crippen LogP contribution in [0.5, 0.6) is 0 Å². The molecule has 0 fully saturated rings. The van der Waals surface area contributed by atoms with Crippen molar-refractivity contribution in [2.45, 2.75) is 6.92 Å². The van der Waals surface area contributed by atoms with Crippen LogP contribution in [0.15, 0.2) is 49.7 Å². The quantitative estimate of drug-likeness (QED) is 0.457. The summed E-state index contributed by atoms with van der Waals surface area (Å²) >= 11 is 0. The first-order valence-electron chi connectivity index (χ1n) is 9.33. The fraction of sp³-hybridized carbons (Fsp3) is 0.0500. The Morgan fingerprint density at radius 3 is 2.74 bits per heavy atom. The summed E-state index contributed by atoms with van der Waals surface area (Å²) in [6.45, 7) is 1.90. The van der Waals surface area contributed by atoms with E-state index in [0.29, 0.717) is 28.4 Å². The molecule has 0 aromatic carbocycles. The number of aryl methyl sites for hydroxylation is 1. The number of hydrogen-bond acceptors (Lipinski definition) is 7. The minimum absolute atomic E-state index is 0.230. The van der Waals surface area contributed by atoms with Gasteiger partial charge in [-0.25, -0.2) is 34.3 Å². The van der Waals surface area contributed by atoms with Crippen LogP contribution in [0.25, 0.3) is 50.5 Å². The molecule has 0 amide bonds. The third kappa shape index (κ3) is 2.67. The van der Waals surface area contributed by atoms with Crippen LogP contribution >= 0.6 is 0 Å². The first kappa shape index (κ1) is 17.3. The van der Waals surface area contributed by atoms with Crippen LogP contribution in [0.2, 0.25) is 0 Å². The lowest BCUT2D eigenvalue weighted by Crippen LogP contribution is -1.95. The molecule has 150 valence electrons. The molecule has 6 aromatic rings. The maximum atomic E-state index is 15.5. The minimum atomic E-state index is -0.479. The molecule has 11 heteroatoms. The summed E-state index contributed by atoms with van der Waals surface area (Å²) in [5.41, 5.74) is 3.67. The highest BCUT2D eigenvalue weighted by molar-refractivity contribution is 5.94. The topological polar surface area (TPSA) is 127 Å². The molecular weight excluding hydrogens is 399 g/mol. The molecule has 6 rings (SSSR count). The molecular formula is C20H13FN10. The van der Waals surface area contributed by atoms with Crippen LogP contribution in [-0.2, 0) is 0 Å². The monoisotopic (exact) mass is 412 g/mol. The second kappa shape index (κ2) is 6.49. The first-order valence-corrected chi connectivity index (χ1v) is 9.33. The smallest absolute Gasteiger partial charge is 0.184 e. The Hall–Kier alpha value is -4.54. The van der Waals surface area contributed by atoms with E-state index < -0.39 is 5.82 Å². The zero-order valence-corrected chi connectivity index (χ0v) is 16.1. The molecule has 0 saturated heterocycles. The number of H-pyrrole nitrogens is 2. The Morgan fingerprint density at radius 1 is 1.06 bits per heavy atom. The van der Waals surface area contributed by atoms with E-state index in [1.165, 1.54) is 24.9 Å². The van der Waals surface area contributed by atoms with Crippen LogP contribution in [0.4, 0.5) is 4.39 Å². The molecule has 0 radical (unpaired) electrons. The second-order valence-electron chi connectivity index (χ2n) is 6.95. The molecule has 10 nitrogen and oxygen atoms in total. The lowest BCUT2D eigenvalue weighted by atomic mass is 10.1. The summed E-state index contributed by atoms with van der Waals surface area (Å²) in [6.07, 6.45) is 11.1. The van der Waals surface area contributed by atoms with Gasteiger partial charge < -0.3 is 4.98 Å². The largest absolute Gasteiger partial charge is 0.336 e. The summed E-state index contributed by atoms with van der Waals surface area (Å²) in [6, 6.07) is 1.80. The van der Waals surface area contributed by atoms with Gasteiger partial charge in [0.1, 0.15) is 29.7 Å². The molecule has 0 aliphatic rings. The van der Waals surface area contributed by atoms with Gasteiger partial charge in [-0.15, -0.1) is 0 Å². The number of nitrogens with zero attached hydrogens (tertiary/aromatic N) is 8. The molecule has 0 spiro atoms. The lowest BCUT2D eigenvalue weighted by Gasteiger charge is -2.03. The van der Waals surface area contributed by atoms with Gasteiger partial charge in [-0.3, -0.25) is 9.67 Å². The van der Waals surface area contributed by atoms with Crippen molar-refractivity contribution in [3.05, 3.63) is 61.2 Å². The van der Waals surface area contributed by atoms with Gasteiger partial charge in [0.2, 0.25) is 0 Å². The number of halogens is 1. The third-order valence-electron chi connectivity index (χ3n) is 4.97. The van der Waals surface area contributed by atoms with Crippen LogP contribution in [-0.4, -0.2) is 49.7 Å². The predicted octanol–water partition coefficient (Wildman–Crippen LogP) is 2.99. The van der Waals surface area contributed by atoms with Crippen LogP contribution in [0.1, 0.15) is 5.69 Å². The van der Waals surface area contributed by atoms with E-state index in [1.807, 2.05) is 13.1 Å². The zero-order valence-electron chi connectivity index (χ0n) is 16.1. The van der Waals surface area contributed by atoms with Gasteiger partial charge in [0.05, 0.1) is 16.6 Å². The van der Waals surface area contributed by atoms with Crippen molar-refractivity contribution < 1.29 is 4.39 Å². The predicted molar refractivity (Wildman–Crippen MR) is 110 cm³/mol. The highest BCUT2D eigenvalue weighted by Crippen LogP contribution is 2.32. The van der Waals surface area contributed by atoms with Gasteiger partial charge in [0.25, 0.3) is 0 Å². The van der Waals surface area contributed by atoms with E-state index in [1.54, 1.807) is 23.2 Å². The maximum absolute atomic E-state index is 15.5. The number of rotatable bonds is 3. The van der Waals surface area contributed by atoms with E-state index in [9.17, 15) is 0 Å². The molecule has 0 unspecified atom stereocenters. The van der Waals surface area contributed by atoms with Crippen LogP contribution < -0.4 is 0 Å². The summed E-state index contributed by atoms with van der Waals surface area (Å²) in [7, 11) is 0. The van der Waals surface area contributed by atoms with E-state index in [-0.39, 0.29) is 16.6 Å². The van der Waals surface area contributed by atoms with Crippen molar-refractivity contribution >= 4 is 22.1 Å². The fourth-order valence-corrected chi connectivity index (χ4v) is 3.53. The molecule has 2 N–H and O–H groups in total. The number of aromatic nitrogens is 10. The molecule has 0 saturated carbocycles. The molecule has 0 aliphatic carbocycles. The van der Waals surface area contributed by atoms with Gasteiger partial charge in [-0.05, 0) is 13.0 Å². The number of hydrogen-bond donors (Lipinski definition) is 2. The fourth-order valence-electron chi connectivity index (χ4n) is 3.53. The summed E-state index contributed by atoms with van der Waals surface area (Å²) in [5, 5.41) is 7.23. The number of aromatic amines is 2. The number of fused-ring (bicyclic) bond motifs is 2. The summed E-state index contributed by atoms with van der Waals surface area (Å²) < 4.78 is 17.3. The number of nitrogens with one attached hydrogen (secondary N) is 2. The zero-order chi connectivity index (χ0) is 20.9. The highest BCUT2D eigenvalue weighted by Gasteiger charge is 2.21. The van der Waals surface area contributed by atoms with Crippen molar-refractivity contribution in [1.29, 1.82) is 0 Å². The van der Waals surface area contributed by atoms with Gasteiger partial charge in [0.15, 0.2) is 17.3 Å². The molecule has 0 bridgehead atoms.